The molecular formula is C18H23NO2. The highest BCUT2D eigenvalue weighted by atomic mass is 16.2. The Morgan fingerprint density at radius 3 is 2.48 bits per heavy atom. The summed E-state index contributed by atoms with van der Waals surface area (Å²) in [6, 6.07) is 9.70. The van der Waals surface area contributed by atoms with Gasteiger partial charge in [-0.2, -0.15) is 0 Å². The number of nitrogens with zero attached hydrogens (tertiary/aromatic N) is 1. The molecule has 1 atom stereocenters. The van der Waals surface area contributed by atoms with Gasteiger partial charge in [0.25, 0.3) is 0 Å². The van der Waals surface area contributed by atoms with Crippen molar-refractivity contribution in [1.82, 2.24) is 4.90 Å². The van der Waals surface area contributed by atoms with Gasteiger partial charge in [-0.3, -0.25) is 14.5 Å². The lowest BCUT2D eigenvalue weighted by Crippen LogP contribution is -2.37. The van der Waals surface area contributed by atoms with Gasteiger partial charge in [-0.25, -0.2) is 0 Å². The van der Waals surface area contributed by atoms with Crippen LogP contribution in [0.1, 0.15) is 51.0 Å². The standard InChI is InChI=1S/C18H23NO2/c1-18(15-9-3-2-4-10-15)13-16(20)19(17(18)21)12-11-14-7-5-6-8-14/h2-4,9-10,14H,5-8,11-13H2,1H3. The molecule has 112 valence electrons. The van der Waals surface area contributed by atoms with Gasteiger partial charge in [0.05, 0.1) is 5.41 Å². The lowest BCUT2D eigenvalue weighted by Gasteiger charge is -2.23. The van der Waals surface area contributed by atoms with Crippen molar-refractivity contribution < 1.29 is 9.59 Å². The van der Waals surface area contributed by atoms with Gasteiger partial charge < -0.3 is 0 Å². The first-order valence-electron chi connectivity index (χ1n) is 8.01. The van der Waals surface area contributed by atoms with E-state index in [2.05, 4.69) is 0 Å². The van der Waals surface area contributed by atoms with Crippen LogP contribution in [0.4, 0.5) is 0 Å². The number of rotatable bonds is 4. The second-order valence-corrected chi connectivity index (χ2v) is 6.66. The SMILES string of the molecule is CC1(c2ccccc2)CC(=O)N(CCC2CCCC2)C1=O. The number of carbonyl (C=O) groups is 2. The average molecular weight is 285 g/mol. The average Bonchev–Trinajstić information content (AvgIpc) is 3.07. The molecule has 0 radical (unpaired) electrons. The van der Waals surface area contributed by atoms with E-state index in [1.54, 1.807) is 0 Å². The molecule has 0 bridgehead atoms. The summed E-state index contributed by atoms with van der Waals surface area (Å²) in [6.45, 7) is 2.50. The van der Waals surface area contributed by atoms with Crippen LogP contribution >= 0.6 is 0 Å². The van der Waals surface area contributed by atoms with Gasteiger partial charge in [0.1, 0.15) is 0 Å². The fourth-order valence-corrected chi connectivity index (χ4v) is 3.75. The van der Waals surface area contributed by atoms with Crippen molar-refractivity contribution in [3.05, 3.63) is 35.9 Å². The van der Waals surface area contributed by atoms with Gasteiger partial charge in [-0.05, 0) is 24.8 Å². The smallest absolute Gasteiger partial charge is 0.240 e. The Hall–Kier alpha value is -1.64. The Morgan fingerprint density at radius 2 is 1.81 bits per heavy atom. The summed E-state index contributed by atoms with van der Waals surface area (Å²) in [5.74, 6) is 0.676. The molecule has 1 unspecified atom stereocenters. The molecule has 3 rings (SSSR count). The normalized spacial score (nSPS) is 26.8. The Balaban J connectivity index is 1.72. The molecule has 1 aromatic carbocycles. The molecule has 0 spiro atoms. The van der Waals surface area contributed by atoms with Crippen LogP contribution in [0.25, 0.3) is 0 Å². The topological polar surface area (TPSA) is 37.4 Å². The summed E-state index contributed by atoms with van der Waals surface area (Å²) >= 11 is 0. The molecular weight excluding hydrogens is 262 g/mol. The predicted octanol–water partition coefficient (Wildman–Crippen LogP) is 3.28. The highest BCUT2D eigenvalue weighted by Crippen LogP contribution is 2.37. The molecule has 1 saturated carbocycles. The number of likely N-dealkylation sites (tertiary alicyclic amines) is 1. The van der Waals surface area contributed by atoms with Crippen LogP contribution in [0.3, 0.4) is 0 Å². The Morgan fingerprint density at radius 1 is 1.14 bits per heavy atom. The van der Waals surface area contributed by atoms with Crippen LogP contribution < -0.4 is 0 Å². The quantitative estimate of drug-likeness (QED) is 0.796. The van der Waals surface area contributed by atoms with E-state index in [1.807, 2.05) is 37.3 Å². The minimum absolute atomic E-state index is 0.00986. The number of carbonyl (C=O) groups excluding carboxylic acids is 2. The van der Waals surface area contributed by atoms with Gasteiger partial charge in [0.2, 0.25) is 11.8 Å². The number of benzene rings is 1. The highest BCUT2D eigenvalue weighted by molar-refractivity contribution is 6.08. The Kier molecular flexibility index (Phi) is 3.83. The van der Waals surface area contributed by atoms with Crippen molar-refractivity contribution in [2.45, 2.75) is 50.9 Å². The van der Waals surface area contributed by atoms with Crippen molar-refractivity contribution in [2.24, 2.45) is 5.92 Å². The van der Waals surface area contributed by atoms with E-state index in [0.717, 1.165) is 12.0 Å². The third-order valence-corrected chi connectivity index (χ3v) is 5.17. The first kappa shape index (κ1) is 14.3. The van der Waals surface area contributed by atoms with E-state index in [9.17, 15) is 9.59 Å². The van der Waals surface area contributed by atoms with Crippen molar-refractivity contribution in [3.63, 3.8) is 0 Å². The lowest BCUT2D eigenvalue weighted by molar-refractivity contribution is -0.139. The number of amides is 2. The van der Waals surface area contributed by atoms with Gasteiger partial charge in [-0.15, -0.1) is 0 Å². The number of hydrogen-bond donors (Lipinski definition) is 0. The van der Waals surface area contributed by atoms with Crippen LogP contribution in [-0.2, 0) is 15.0 Å². The van der Waals surface area contributed by atoms with E-state index in [-0.39, 0.29) is 11.8 Å². The molecule has 2 fully saturated rings. The maximum Gasteiger partial charge on any atom is 0.240 e. The lowest BCUT2D eigenvalue weighted by atomic mass is 9.81. The third-order valence-electron chi connectivity index (χ3n) is 5.17. The molecule has 0 aromatic heterocycles. The summed E-state index contributed by atoms with van der Waals surface area (Å²) in [5.41, 5.74) is 0.278. The molecule has 1 aromatic rings. The molecule has 1 aliphatic carbocycles. The molecule has 2 aliphatic rings. The zero-order chi connectivity index (χ0) is 14.9. The predicted molar refractivity (Wildman–Crippen MR) is 81.7 cm³/mol. The van der Waals surface area contributed by atoms with Crippen molar-refractivity contribution in [3.8, 4) is 0 Å². The fourth-order valence-electron chi connectivity index (χ4n) is 3.75. The summed E-state index contributed by atoms with van der Waals surface area (Å²) in [4.78, 5) is 26.5. The maximum atomic E-state index is 12.7. The first-order valence-corrected chi connectivity index (χ1v) is 8.01. The van der Waals surface area contributed by atoms with Crippen molar-refractivity contribution in [1.29, 1.82) is 0 Å². The third kappa shape index (κ3) is 2.61. The van der Waals surface area contributed by atoms with E-state index < -0.39 is 5.41 Å². The molecule has 2 amide bonds. The van der Waals surface area contributed by atoms with Crippen LogP contribution in [0.2, 0.25) is 0 Å². The molecule has 1 saturated heterocycles. The second kappa shape index (κ2) is 5.63. The van der Waals surface area contributed by atoms with Gasteiger partial charge in [0.15, 0.2) is 0 Å². The minimum Gasteiger partial charge on any atom is -0.282 e. The summed E-state index contributed by atoms with van der Waals surface area (Å²) in [5, 5.41) is 0. The van der Waals surface area contributed by atoms with Crippen LogP contribution in [0, 0.1) is 5.92 Å². The molecule has 3 nitrogen and oxygen atoms in total. The largest absolute Gasteiger partial charge is 0.282 e. The zero-order valence-corrected chi connectivity index (χ0v) is 12.7. The summed E-state index contributed by atoms with van der Waals surface area (Å²) in [7, 11) is 0. The van der Waals surface area contributed by atoms with E-state index >= 15 is 0 Å². The molecule has 3 heteroatoms. The van der Waals surface area contributed by atoms with Crippen molar-refractivity contribution >= 4 is 11.8 Å². The minimum atomic E-state index is -0.673. The van der Waals surface area contributed by atoms with Gasteiger partial charge >= 0.3 is 0 Å². The van der Waals surface area contributed by atoms with Crippen LogP contribution in [-0.4, -0.2) is 23.3 Å². The molecule has 21 heavy (non-hydrogen) atoms. The Labute approximate surface area is 126 Å². The first-order chi connectivity index (χ1) is 10.1. The molecule has 1 aliphatic heterocycles. The van der Waals surface area contributed by atoms with Crippen LogP contribution in [0.5, 0.6) is 0 Å². The van der Waals surface area contributed by atoms with Crippen molar-refractivity contribution in [2.75, 3.05) is 6.54 Å². The molecule has 0 N–H and O–H groups in total. The van der Waals surface area contributed by atoms with E-state index in [4.69, 9.17) is 0 Å². The van der Waals surface area contributed by atoms with E-state index in [1.165, 1.54) is 30.6 Å². The monoisotopic (exact) mass is 285 g/mol. The highest BCUT2D eigenvalue weighted by Gasteiger charge is 2.48. The number of imide groups is 1. The van der Waals surface area contributed by atoms with E-state index in [0.29, 0.717) is 18.9 Å². The molecule has 1 heterocycles. The zero-order valence-electron chi connectivity index (χ0n) is 12.7. The maximum absolute atomic E-state index is 12.7. The summed E-state index contributed by atoms with van der Waals surface area (Å²) < 4.78 is 0. The van der Waals surface area contributed by atoms with Crippen LogP contribution in [0.15, 0.2) is 30.3 Å². The van der Waals surface area contributed by atoms with Gasteiger partial charge in [-0.1, -0.05) is 56.0 Å². The fraction of sp³-hybridized carbons (Fsp3) is 0.556. The summed E-state index contributed by atoms with van der Waals surface area (Å²) in [6.07, 6.45) is 6.39. The van der Waals surface area contributed by atoms with Gasteiger partial charge in [0, 0.05) is 13.0 Å². The Bertz CT molecular complexity index is 533. The second-order valence-electron chi connectivity index (χ2n) is 6.66. The number of hydrogen-bond acceptors (Lipinski definition) is 2.